The molecule has 0 aliphatic carbocycles. The lowest BCUT2D eigenvalue weighted by Crippen LogP contribution is -2.63. The summed E-state index contributed by atoms with van der Waals surface area (Å²) >= 11 is 0. The number of carboxylic acid groups (broad SMARTS) is 2. The molecule has 0 bridgehead atoms. The second kappa shape index (κ2) is 32.3. The van der Waals surface area contributed by atoms with Gasteiger partial charge in [0.2, 0.25) is 53.2 Å². The van der Waals surface area contributed by atoms with Crippen LogP contribution in [-0.2, 0) is 52.7 Å². The van der Waals surface area contributed by atoms with Gasteiger partial charge in [-0.05, 0) is 64.2 Å². The predicted octanol–water partition coefficient (Wildman–Crippen LogP) is -5.01. The van der Waals surface area contributed by atoms with Gasteiger partial charge in [0.05, 0.1) is 24.7 Å². The molecule has 0 saturated carbocycles. The predicted molar refractivity (Wildman–Crippen MR) is 259 cm³/mol. The molecule has 0 aliphatic heterocycles. The Bertz CT molecular complexity index is 1910. The number of nitrogens with two attached hydrogens (primary N) is 4. The van der Waals surface area contributed by atoms with Gasteiger partial charge in [-0.1, -0.05) is 54.4 Å². The maximum atomic E-state index is 14.0. The molecule has 0 rings (SSSR count). The van der Waals surface area contributed by atoms with Crippen molar-refractivity contribution in [3.05, 3.63) is 0 Å². The van der Waals surface area contributed by atoms with Crippen molar-refractivity contribution in [1.82, 2.24) is 42.5 Å². The molecule has 0 aliphatic rings. The van der Waals surface area contributed by atoms with Crippen LogP contribution in [0.2, 0.25) is 0 Å². The molecule has 0 radical (unpaired) electrons. The number of aliphatic hydroxyl groups is 2. The molecule has 9 amide bonds. The number of guanidine groups is 1. The van der Waals surface area contributed by atoms with Crippen molar-refractivity contribution < 1.29 is 73.2 Å². The zero-order valence-corrected chi connectivity index (χ0v) is 42.5. The summed E-state index contributed by atoms with van der Waals surface area (Å²) in [5.41, 5.74) is 21.8. The Labute approximate surface area is 418 Å². The SMILES string of the molecule is CC[C@H](C)[C@H](NC(=O)[C@H](C)NC(=O)[C@H](CCCN=C(N)N)NC(=O)[C@@H](N)CCC(N)=O)C(=O)N[C@H](C(=O)N[C@H](C(=O)N[C@@H](CC(C)C)C(=O)N[C@@H](CC(=O)O)C(=O)N[C@H](C(=O)O)[C@@H](C)O)[C@@H](C)CC)[C@@H](C)O. The summed E-state index contributed by atoms with van der Waals surface area (Å²) in [4.78, 5) is 147. The summed E-state index contributed by atoms with van der Waals surface area (Å²) < 4.78 is 0. The second-order valence-corrected chi connectivity index (χ2v) is 18.2. The first-order valence-corrected chi connectivity index (χ1v) is 23.7. The number of primary amides is 1. The highest BCUT2D eigenvalue weighted by molar-refractivity contribution is 5.99. The average molecular weight is 1030 g/mol. The van der Waals surface area contributed by atoms with Crippen molar-refractivity contribution in [2.24, 2.45) is 45.7 Å². The smallest absolute Gasteiger partial charge is 0.328 e. The zero-order valence-electron chi connectivity index (χ0n) is 42.5. The van der Waals surface area contributed by atoms with E-state index >= 15 is 0 Å². The molecular weight excluding hydrogens is 951 g/mol. The maximum Gasteiger partial charge on any atom is 0.328 e. The second-order valence-electron chi connectivity index (χ2n) is 18.2. The van der Waals surface area contributed by atoms with Crippen molar-refractivity contribution in [2.75, 3.05) is 6.54 Å². The zero-order chi connectivity index (χ0) is 55.7. The van der Waals surface area contributed by atoms with Gasteiger partial charge in [-0.25, -0.2) is 4.79 Å². The van der Waals surface area contributed by atoms with Crippen molar-refractivity contribution >= 4 is 71.1 Å². The van der Waals surface area contributed by atoms with E-state index in [1.807, 2.05) is 5.32 Å². The summed E-state index contributed by atoms with van der Waals surface area (Å²) in [5.74, 6) is -13.3. The molecule has 0 unspecified atom stereocenters. The minimum Gasteiger partial charge on any atom is -0.481 e. The van der Waals surface area contributed by atoms with E-state index in [1.54, 1.807) is 41.5 Å². The Balaban J connectivity index is 6.44. The number of hydrogen-bond acceptors (Lipinski definition) is 15. The molecule has 28 heteroatoms. The van der Waals surface area contributed by atoms with Gasteiger partial charge in [0, 0.05) is 13.0 Å². The number of rotatable bonds is 34. The van der Waals surface area contributed by atoms with Crippen LogP contribution in [0.3, 0.4) is 0 Å². The minimum atomic E-state index is -1.86. The number of aliphatic imine (C=N–C) groups is 1. The average Bonchev–Trinajstić information content (AvgIpc) is 3.28. The number of nitrogens with zero attached hydrogens (tertiary/aromatic N) is 1. The summed E-state index contributed by atoms with van der Waals surface area (Å²) in [5, 5.41) is 58.7. The van der Waals surface area contributed by atoms with Crippen LogP contribution >= 0.6 is 0 Å². The number of carboxylic acids is 2. The molecule has 0 heterocycles. The normalized spacial score (nSPS) is 16.6. The van der Waals surface area contributed by atoms with Gasteiger partial charge in [-0.3, -0.25) is 52.9 Å². The van der Waals surface area contributed by atoms with Crippen molar-refractivity contribution in [3.63, 3.8) is 0 Å². The van der Waals surface area contributed by atoms with E-state index < -0.39 is 150 Å². The highest BCUT2D eigenvalue weighted by atomic mass is 16.4. The van der Waals surface area contributed by atoms with Gasteiger partial charge in [0.15, 0.2) is 12.0 Å². The Morgan fingerprint density at radius 1 is 0.514 bits per heavy atom. The first-order valence-electron chi connectivity index (χ1n) is 23.7. The van der Waals surface area contributed by atoms with Crippen molar-refractivity contribution in [3.8, 4) is 0 Å². The lowest BCUT2D eigenvalue weighted by molar-refractivity contribution is -0.146. The number of carbonyl (C=O) groups is 11. The first kappa shape index (κ1) is 65.3. The molecule has 0 aromatic rings. The van der Waals surface area contributed by atoms with E-state index in [1.165, 1.54) is 13.8 Å². The van der Waals surface area contributed by atoms with E-state index in [4.69, 9.17) is 22.9 Å². The van der Waals surface area contributed by atoms with E-state index in [0.717, 1.165) is 6.92 Å². The Morgan fingerprint density at radius 3 is 1.40 bits per heavy atom. The fraction of sp³-hybridized carbons (Fsp3) is 0.727. The van der Waals surface area contributed by atoms with E-state index in [9.17, 15) is 73.2 Å². The monoisotopic (exact) mass is 1030 g/mol. The first-order chi connectivity index (χ1) is 33.4. The summed E-state index contributed by atoms with van der Waals surface area (Å²) in [6.07, 6.45) is -3.84. The number of hydrogen-bond donors (Lipinski definition) is 16. The third-order valence-corrected chi connectivity index (χ3v) is 11.4. The summed E-state index contributed by atoms with van der Waals surface area (Å²) in [6.45, 7) is 13.6. The molecule has 0 aromatic carbocycles. The van der Waals surface area contributed by atoms with E-state index in [-0.39, 0.29) is 56.9 Å². The molecule has 20 N–H and O–H groups in total. The van der Waals surface area contributed by atoms with Gasteiger partial charge in [-0.15, -0.1) is 0 Å². The van der Waals surface area contributed by atoms with Crippen LogP contribution < -0.4 is 65.5 Å². The number of aliphatic carboxylic acids is 2. The molecule has 0 saturated heterocycles. The quantitative estimate of drug-likeness (QED) is 0.0163. The van der Waals surface area contributed by atoms with Gasteiger partial charge in [0.1, 0.15) is 42.3 Å². The van der Waals surface area contributed by atoms with Gasteiger partial charge in [0.25, 0.3) is 0 Å². The lowest BCUT2D eigenvalue weighted by atomic mass is 9.95. The Hall–Kier alpha value is -6.68. The molecule has 72 heavy (non-hydrogen) atoms. The van der Waals surface area contributed by atoms with Crippen LogP contribution in [0.25, 0.3) is 0 Å². The minimum absolute atomic E-state index is 0.0153. The fourth-order valence-electron chi connectivity index (χ4n) is 6.70. The highest BCUT2D eigenvalue weighted by Gasteiger charge is 2.38. The molecule has 0 fully saturated rings. The van der Waals surface area contributed by atoms with Crippen molar-refractivity contribution in [2.45, 2.75) is 180 Å². The van der Waals surface area contributed by atoms with Crippen LogP contribution in [0.15, 0.2) is 4.99 Å². The number of amides is 9. The third-order valence-electron chi connectivity index (χ3n) is 11.4. The molecule has 410 valence electrons. The third kappa shape index (κ3) is 24.0. The molecule has 28 nitrogen and oxygen atoms in total. The Kier molecular flexibility index (Phi) is 29.3. The maximum absolute atomic E-state index is 14.0. The fourth-order valence-corrected chi connectivity index (χ4v) is 6.70. The highest BCUT2D eigenvalue weighted by Crippen LogP contribution is 2.14. The van der Waals surface area contributed by atoms with E-state index in [2.05, 4.69) is 42.2 Å². The van der Waals surface area contributed by atoms with Crippen molar-refractivity contribution in [1.29, 1.82) is 0 Å². The van der Waals surface area contributed by atoms with Crippen LogP contribution in [-0.4, -0.2) is 165 Å². The van der Waals surface area contributed by atoms with Crippen LogP contribution in [0.4, 0.5) is 0 Å². The summed E-state index contributed by atoms with van der Waals surface area (Å²) in [6, 6.07) is -13.5. The largest absolute Gasteiger partial charge is 0.481 e. The topological polar surface area (TPSA) is 481 Å². The number of nitrogens with one attached hydrogen (secondary N) is 8. The van der Waals surface area contributed by atoms with E-state index in [0.29, 0.717) is 6.42 Å². The van der Waals surface area contributed by atoms with Gasteiger partial charge >= 0.3 is 11.9 Å². The van der Waals surface area contributed by atoms with Crippen LogP contribution in [0.5, 0.6) is 0 Å². The molecule has 0 spiro atoms. The van der Waals surface area contributed by atoms with Gasteiger partial charge in [-0.2, -0.15) is 0 Å². The van der Waals surface area contributed by atoms with Crippen LogP contribution in [0.1, 0.15) is 114 Å². The Morgan fingerprint density at radius 2 is 0.944 bits per heavy atom. The van der Waals surface area contributed by atoms with Gasteiger partial charge < -0.3 is 85.9 Å². The standard InChI is InChI=1S/C44H79N13O15/c1-10-20(5)31(40(68)53-27(17-19(3)4)38(66)52-28(18-30(61)62)39(67)57-34(24(9)59)43(71)72)55-42(70)33(23(8)58)56-41(69)32(21(6)11-2)54-35(63)22(7)50-37(65)26(13-12-16-49-44(47)48)51-36(64)25(45)14-15-29(46)60/h19-28,31-34,58-59H,10-18,45H2,1-9H3,(H2,46,60)(H,50,65)(H,51,64)(H,52,66)(H,53,68)(H,54,63)(H,55,70)(H,56,69)(H,57,67)(H,61,62)(H,71,72)(H4,47,48,49)/t20-,21-,22-,23+,24+,25-,26-,27-,28-,31-,32-,33-,34-/m0/s1. The number of aliphatic hydroxyl groups excluding tert-OH is 2. The van der Waals surface area contributed by atoms with Crippen LogP contribution in [0, 0.1) is 17.8 Å². The summed E-state index contributed by atoms with van der Waals surface area (Å²) in [7, 11) is 0. The molecule has 0 aromatic heterocycles. The lowest BCUT2D eigenvalue weighted by Gasteiger charge is -2.31. The molecule has 13 atom stereocenters. The molecular formula is C44H79N13O15. The number of carbonyl (C=O) groups excluding carboxylic acids is 9.